The van der Waals surface area contributed by atoms with Gasteiger partial charge in [0.2, 0.25) is 5.91 Å². The Kier molecular flexibility index (Phi) is 5.22. The van der Waals surface area contributed by atoms with Crippen molar-refractivity contribution in [3.8, 4) is 0 Å². The maximum Gasteiger partial charge on any atom is 0.227 e. The highest BCUT2D eigenvalue weighted by Crippen LogP contribution is 2.44. The van der Waals surface area contributed by atoms with E-state index < -0.39 is 0 Å². The summed E-state index contributed by atoms with van der Waals surface area (Å²) in [5.74, 6) is 0.139. The lowest BCUT2D eigenvalue weighted by molar-refractivity contribution is -0.126. The maximum absolute atomic E-state index is 11.7. The minimum absolute atomic E-state index is 0.139. The molecule has 0 aromatic carbocycles. The molecular formula is C12H24N2O2. The lowest BCUT2D eigenvalue weighted by Crippen LogP contribution is -2.37. The minimum Gasteiger partial charge on any atom is -0.379 e. The van der Waals surface area contributed by atoms with Gasteiger partial charge in [0, 0.05) is 19.7 Å². The van der Waals surface area contributed by atoms with Crippen LogP contribution in [0.3, 0.4) is 0 Å². The molecule has 1 saturated carbocycles. The van der Waals surface area contributed by atoms with Gasteiger partial charge in [-0.15, -0.1) is 0 Å². The van der Waals surface area contributed by atoms with Crippen molar-refractivity contribution in [2.24, 2.45) is 11.1 Å². The number of nitrogens with two attached hydrogens (primary N) is 1. The summed E-state index contributed by atoms with van der Waals surface area (Å²) in [5, 5.41) is 2.95. The molecule has 0 bridgehead atoms. The van der Waals surface area contributed by atoms with Gasteiger partial charge < -0.3 is 15.8 Å². The van der Waals surface area contributed by atoms with E-state index in [0.29, 0.717) is 12.6 Å². The first kappa shape index (κ1) is 13.5. The van der Waals surface area contributed by atoms with Crippen LogP contribution in [0.4, 0.5) is 0 Å². The van der Waals surface area contributed by atoms with Crippen LogP contribution in [0.25, 0.3) is 0 Å². The van der Waals surface area contributed by atoms with Gasteiger partial charge in [0.1, 0.15) is 0 Å². The van der Waals surface area contributed by atoms with Gasteiger partial charge in [-0.2, -0.15) is 0 Å². The quantitative estimate of drug-likeness (QED) is 0.610. The SMILES string of the molecule is CC(C)OCCCCNC(=O)C1(CN)CC1. The fourth-order valence-corrected chi connectivity index (χ4v) is 1.61. The van der Waals surface area contributed by atoms with Crippen LogP contribution in [0, 0.1) is 5.41 Å². The number of hydrogen-bond acceptors (Lipinski definition) is 3. The van der Waals surface area contributed by atoms with E-state index in [1.54, 1.807) is 0 Å². The minimum atomic E-state index is -0.214. The number of hydrogen-bond donors (Lipinski definition) is 2. The molecule has 0 aliphatic heterocycles. The molecule has 1 amide bonds. The zero-order valence-corrected chi connectivity index (χ0v) is 10.4. The molecule has 0 spiro atoms. The third-order valence-electron chi connectivity index (χ3n) is 3.03. The number of nitrogens with one attached hydrogen (secondary N) is 1. The molecule has 4 nitrogen and oxygen atoms in total. The number of carbonyl (C=O) groups excluding carboxylic acids is 1. The molecule has 0 heterocycles. The van der Waals surface area contributed by atoms with Crippen LogP contribution < -0.4 is 11.1 Å². The highest BCUT2D eigenvalue weighted by atomic mass is 16.5. The fraction of sp³-hybridized carbons (Fsp3) is 0.917. The second-order valence-electron chi connectivity index (χ2n) is 4.87. The predicted molar refractivity (Wildman–Crippen MR) is 64.1 cm³/mol. The fourth-order valence-electron chi connectivity index (χ4n) is 1.61. The van der Waals surface area contributed by atoms with E-state index in [4.69, 9.17) is 10.5 Å². The topological polar surface area (TPSA) is 64.3 Å². The molecular weight excluding hydrogens is 204 g/mol. The van der Waals surface area contributed by atoms with Gasteiger partial charge in [-0.25, -0.2) is 0 Å². The molecule has 4 heteroatoms. The van der Waals surface area contributed by atoms with Gasteiger partial charge in [-0.3, -0.25) is 4.79 Å². The van der Waals surface area contributed by atoms with Crippen molar-refractivity contribution >= 4 is 5.91 Å². The van der Waals surface area contributed by atoms with Crippen molar-refractivity contribution in [3.63, 3.8) is 0 Å². The average Bonchev–Trinajstić information content (AvgIpc) is 3.03. The molecule has 0 aromatic heterocycles. The Bertz CT molecular complexity index is 225. The molecule has 16 heavy (non-hydrogen) atoms. The van der Waals surface area contributed by atoms with E-state index in [1.807, 2.05) is 13.8 Å². The van der Waals surface area contributed by atoms with Crippen LogP contribution >= 0.6 is 0 Å². The van der Waals surface area contributed by atoms with Crippen LogP contribution in [0.1, 0.15) is 39.5 Å². The van der Waals surface area contributed by atoms with E-state index in [-0.39, 0.29) is 11.3 Å². The Hall–Kier alpha value is -0.610. The standard InChI is InChI=1S/C12H24N2O2/c1-10(2)16-8-4-3-7-14-11(15)12(9-13)5-6-12/h10H,3-9,13H2,1-2H3,(H,14,15). The van der Waals surface area contributed by atoms with Crippen molar-refractivity contribution in [2.45, 2.75) is 45.6 Å². The van der Waals surface area contributed by atoms with Crippen molar-refractivity contribution in [1.82, 2.24) is 5.32 Å². The Morgan fingerprint density at radius 3 is 2.62 bits per heavy atom. The van der Waals surface area contributed by atoms with E-state index in [1.165, 1.54) is 0 Å². The monoisotopic (exact) mass is 228 g/mol. The summed E-state index contributed by atoms with van der Waals surface area (Å²) in [6, 6.07) is 0. The summed E-state index contributed by atoms with van der Waals surface area (Å²) in [6.45, 7) is 6.05. The molecule has 0 saturated heterocycles. The first-order valence-electron chi connectivity index (χ1n) is 6.21. The number of unbranched alkanes of at least 4 members (excludes halogenated alkanes) is 1. The molecule has 1 aliphatic carbocycles. The number of amides is 1. The van der Waals surface area contributed by atoms with Gasteiger partial charge in [0.15, 0.2) is 0 Å². The van der Waals surface area contributed by atoms with Crippen LogP contribution in [-0.4, -0.2) is 31.7 Å². The number of rotatable bonds is 8. The first-order chi connectivity index (χ1) is 7.60. The second-order valence-corrected chi connectivity index (χ2v) is 4.87. The second kappa shape index (κ2) is 6.21. The van der Waals surface area contributed by atoms with Crippen molar-refractivity contribution in [3.05, 3.63) is 0 Å². The molecule has 94 valence electrons. The van der Waals surface area contributed by atoms with E-state index >= 15 is 0 Å². The van der Waals surface area contributed by atoms with Gasteiger partial charge in [0.05, 0.1) is 11.5 Å². The van der Waals surface area contributed by atoms with Gasteiger partial charge >= 0.3 is 0 Å². The van der Waals surface area contributed by atoms with E-state index in [9.17, 15) is 4.79 Å². The number of carbonyl (C=O) groups is 1. The van der Waals surface area contributed by atoms with Crippen LogP contribution in [0.15, 0.2) is 0 Å². The van der Waals surface area contributed by atoms with E-state index in [0.717, 1.165) is 38.8 Å². The van der Waals surface area contributed by atoms with Crippen molar-refractivity contribution in [2.75, 3.05) is 19.7 Å². The summed E-state index contributed by atoms with van der Waals surface area (Å²) in [6.07, 6.45) is 4.16. The maximum atomic E-state index is 11.7. The summed E-state index contributed by atoms with van der Waals surface area (Å²) in [5.41, 5.74) is 5.36. The predicted octanol–water partition coefficient (Wildman–Crippen LogP) is 1.05. The Morgan fingerprint density at radius 2 is 2.12 bits per heavy atom. The molecule has 0 atom stereocenters. The van der Waals surface area contributed by atoms with Crippen molar-refractivity contribution in [1.29, 1.82) is 0 Å². The Labute approximate surface area is 97.9 Å². The van der Waals surface area contributed by atoms with Crippen LogP contribution in [0.2, 0.25) is 0 Å². The van der Waals surface area contributed by atoms with Gasteiger partial charge in [-0.1, -0.05) is 0 Å². The molecule has 0 radical (unpaired) electrons. The normalized spacial score (nSPS) is 17.5. The van der Waals surface area contributed by atoms with Gasteiger partial charge in [-0.05, 0) is 39.5 Å². The van der Waals surface area contributed by atoms with Crippen LogP contribution in [-0.2, 0) is 9.53 Å². The zero-order chi connectivity index (χ0) is 12.0. The highest BCUT2D eigenvalue weighted by molar-refractivity contribution is 5.85. The summed E-state index contributed by atoms with van der Waals surface area (Å²) in [7, 11) is 0. The largest absolute Gasteiger partial charge is 0.379 e. The average molecular weight is 228 g/mol. The smallest absolute Gasteiger partial charge is 0.227 e. The van der Waals surface area contributed by atoms with Crippen molar-refractivity contribution < 1.29 is 9.53 Å². The molecule has 1 rings (SSSR count). The molecule has 1 aliphatic rings. The molecule has 1 fully saturated rings. The highest BCUT2D eigenvalue weighted by Gasteiger charge is 2.48. The first-order valence-corrected chi connectivity index (χ1v) is 6.21. The Balaban J connectivity index is 1.97. The third kappa shape index (κ3) is 4.10. The van der Waals surface area contributed by atoms with Gasteiger partial charge in [0.25, 0.3) is 0 Å². The lowest BCUT2D eigenvalue weighted by Gasteiger charge is -2.12. The summed E-state index contributed by atoms with van der Waals surface area (Å²) in [4.78, 5) is 11.7. The zero-order valence-electron chi connectivity index (χ0n) is 10.4. The molecule has 3 N–H and O–H groups in total. The summed E-state index contributed by atoms with van der Waals surface area (Å²) >= 11 is 0. The number of ether oxygens (including phenoxy) is 1. The van der Waals surface area contributed by atoms with E-state index in [2.05, 4.69) is 5.32 Å². The third-order valence-corrected chi connectivity index (χ3v) is 3.03. The molecule has 0 aromatic rings. The lowest BCUT2D eigenvalue weighted by atomic mass is 10.1. The van der Waals surface area contributed by atoms with Crippen LogP contribution in [0.5, 0.6) is 0 Å². The summed E-state index contributed by atoms with van der Waals surface area (Å²) < 4.78 is 5.42. The molecule has 0 unspecified atom stereocenters. The Morgan fingerprint density at radius 1 is 1.44 bits per heavy atom.